The number of halogens is 1. The molecule has 1 aromatic heterocycles. The van der Waals surface area contributed by atoms with Crippen LogP contribution < -0.4 is 5.32 Å². The van der Waals surface area contributed by atoms with Crippen LogP contribution >= 0.6 is 11.6 Å². The number of hydrogen-bond donors (Lipinski definition) is 1. The fraction of sp³-hybridized carbons (Fsp3) is 0.357. The summed E-state index contributed by atoms with van der Waals surface area (Å²) in [5.41, 5.74) is 3.30. The molecule has 0 aliphatic carbocycles. The highest BCUT2D eigenvalue weighted by molar-refractivity contribution is 6.31. The largest absolute Gasteiger partial charge is 0.306 e. The van der Waals surface area contributed by atoms with Crippen LogP contribution in [0.15, 0.2) is 30.5 Å². The van der Waals surface area contributed by atoms with Gasteiger partial charge in [-0.05, 0) is 25.1 Å². The van der Waals surface area contributed by atoms with Crippen molar-refractivity contribution >= 4 is 11.6 Å². The lowest BCUT2D eigenvalue weighted by atomic mass is 9.99. The number of nitrogens with one attached hydrogen (secondary N) is 1. The van der Waals surface area contributed by atoms with Gasteiger partial charge in [0.25, 0.3) is 0 Å². The first-order valence-corrected chi connectivity index (χ1v) is 6.49. The zero-order chi connectivity index (χ0) is 13.1. The third-order valence-corrected chi connectivity index (χ3v) is 3.33. The summed E-state index contributed by atoms with van der Waals surface area (Å²) in [5, 5.41) is 8.66. The molecule has 0 bridgehead atoms. The topological polar surface area (TPSA) is 29.9 Å². The van der Waals surface area contributed by atoms with Crippen LogP contribution in [0.25, 0.3) is 0 Å². The van der Waals surface area contributed by atoms with Crippen molar-refractivity contribution in [3.8, 4) is 0 Å². The van der Waals surface area contributed by atoms with Crippen molar-refractivity contribution < 1.29 is 0 Å². The molecule has 2 rings (SSSR count). The van der Waals surface area contributed by atoms with Gasteiger partial charge >= 0.3 is 0 Å². The summed E-state index contributed by atoms with van der Waals surface area (Å²) in [5.74, 6) is 0. The number of nitrogens with zero attached hydrogens (tertiary/aromatic N) is 2. The maximum Gasteiger partial charge on any atom is 0.0644 e. The predicted octanol–water partition coefficient (Wildman–Crippen LogP) is 3.08. The molecule has 1 N–H and O–H groups in total. The maximum absolute atomic E-state index is 6.30. The monoisotopic (exact) mass is 263 g/mol. The molecule has 96 valence electrons. The summed E-state index contributed by atoms with van der Waals surface area (Å²) in [6.45, 7) is 5.00. The van der Waals surface area contributed by atoms with E-state index in [9.17, 15) is 0 Å². The van der Waals surface area contributed by atoms with Crippen molar-refractivity contribution in [2.75, 3.05) is 6.54 Å². The molecule has 0 aliphatic heterocycles. The van der Waals surface area contributed by atoms with Crippen LogP contribution in [0.3, 0.4) is 0 Å². The first-order valence-electron chi connectivity index (χ1n) is 6.11. The normalized spacial score (nSPS) is 12.7. The van der Waals surface area contributed by atoms with Crippen molar-refractivity contribution in [1.82, 2.24) is 15.1 Å². The molecule has 0 saturated heterocycles. The average Bonchev–Trinajstić information content (AvgIpc) is 2.66. The fourth-order valence-corrected chi connectivity index (χ4v) is 2.45. The number of aryl methyl sites for hydroxylation is 2. The molecule has 0 spiro atoms. The van der Waals surface area contributed by atoms with Crippen LogP contribution in [0.1, 0.15) is 29.8 Å². The molecular weight excluding hydrogens is 246 g/mol. The number of hydrogen-bond acceptors (Lipinski definition) is 2. The van der Waals surface area contributed by atoms with E-state index in [1.807, 2.05) is 43.0 Å². The van der Waals surface area contributed by atoms with E-state index >= 15 is 0 Å². The summed E-state index contributed by atoms with van der Waals surface area (Å²) in [6, 6.07) is 8.04. The molecule has 1 aromatic carbocycles. The Balaban J connectivity index is 2.46. The van der Waals surface area contributed by atoms with Crippen molar-refractivity contribution in [3.05, 3.63) is 52.3 Å². The molecule has 18 heavy (non-hydrogen) atoms. The number of rotatable bonds is 4. The lowest BCUT2D eigenvalue weighted by molar-refractivity contribution is 0.627. The Morgan fingerprint density at radius 1 is 1.33 bits per heavy atom. The maximum atomic E-state index is 6.30. The van der Waals surface area contributed by atoms with E-state index in [1.165, 1.54) is 5.56 Å². The Morgan fingerprint density at radius 3 is 2.61 bits per heavy atom. The van der Waals surface area contributed by atoms with E-state index in [4.69, 9.17) is 11.6 Å². The molecule has 1 atom stereocenters. The van der Waals surface area contributed by atoms with Crippen LogP contribution in [0.5, 0.6) is 0 Å². The molecule has 0 saturated carbocycles. The first-order chi connectivity index (χ1) is 8.63. The quantitative estimate of drug-likeness (QED) is 0.919. The van der Waals surface area contributed by atoms with Crippen LogP contribution in [0, 0.1) is 6.92 Å². The lowest BCUT2D eigenvalue weighted by Gasteiger charge is -2.19. The second-order valence-electron chi connectivity index (χ2n) is 4.36. The Labute approximate surface area is 113 Å². The van der Waals surface area contributed by atoms with Crippen molar-refractivity contribution in [2.45, 2.75) is 19.9 Å². The predicted molar refractivity (Wildman–Crippen MR) is 74.9 cm³/mol. The smallest absolute Gasteiger partial charge is 0.0644 e. The van der Waals surface area contributed by atoms with E-state index in [0.717, 1.165) is 22.8 Å². The van der Waals surface area contributed by atoms with Gasteiger partial charge in [-0.1, -0.05) is 36.7 Å². The Morgan fingerprint density at radius 2 is 2.06 bits per heavy atom. The van der Waals surface area contributed by atoms with Crippen LogP contribution in [-0.4, -0.2) is 16.3 Å². The Hall–Kier alpha value is -1.32. The van der Waals surface area contributed by atoms with Crippen molar-refractivity contribution in [3.63, 3.8) is 0 Å². The van der Waals surface area contributed by atoms with Gasteiger partial charge in [0.2, 0.25) is 0 Å². The van der Waals surface area contributed by atoms with Gasteiger partial charge in [-0.25, -0.2) is 0 Å². The molecule has 3 nitrogen and oxygen atoms in total. The SMILES string of the molecule is CCNC(c1ccccc1Cl)c1cn(C)nc1C. The highest BCUT2D eigenvalue weighted by atomic mass is 35.5. The third-order valence-electron chi connectivity index (χ3n) is 2.99. The molecule has 4 heteroatoms. The van der Waals surface area contributed by atoms with Gasteiger partial charge in [-0.3, -0.25) is 4.68 Å². The van der Waals surface area contributed by atoms with Gasteiger partial charge in [0, 0.05) is 23.8 Å². The number of benzene rings is 1. The van der Waals surface area contributed by atoms with E-state index in [-0.39, 0.29) is 6.04 Å². The molecule has 1 unspecified atom stereocenters. The second kappa shape index (κ2) is 5.55. The van der Waals surface area contributed by atoms with E-state index in [1.54, 1.807) is 0 Å². The molecule has 0 fully saturated rings. The summed E-state index contributed by atoms with van der Waals surface area (Å²) in [7, 11) is 1.94. The van der Waals surface area contributed by atoms with Gasteiger partial charge in [0.15, 0.2) is 0 Å². The molecule has 0 aliphatic rings. The zero-order valence-corrected chi connectivity index (χ0v) is 11.7. The Kier molecular flexibility index (Phi) is 4.04. The zero-order valence-electron chi connectivity index (χ0n) is 10.9. The standard InChI is InChI=1S/C14H18ClN3/c1-4-16-14(11-7-5-6-8-13(11)15)12-9-18(3)17-10(12)2/h5-9,14,16H,4H2,1-3H3. The molecular formula is C14H18ClN3. The summed E-state index contributed by atoms with van der Waals surface area (Å²) in [4.78, 5) is 0. The van der Waals surface area contributed by atoms with Crippen LogP contribution in [0.2, 0.25) is 5.02 Å². The summed E-state index contributed by atoms with van der Waals surface area (Å²) >= 11 is 6.30. The molecule has 0 radical (unpaired) electrons. The van der Waals surface area contributed by atoms with Crippen LogP contribution in [-0.2, 0) is 7.05 Å². The van der Waals surface area contributed by atoms with Gasteiger partial charge in [0.1, 0.15) is 0 Å². The summed E-state index contributed by atoms with van der Waals surface area (Å²) in [6.07, 6.45) is 2.05. The highest BCUT2D eigenvalue weighted by Gasteiger charge is 2.19. The summed E-state index contributed by atoms with van der Waals surface area (Å²) < 4.78 is 1.84. The minimum atomic E-state index is 0.0948. The average molecular weight is 264 g/mol. The highest BCUT2D eigenvalue weighted by Crippen LogP contribution is 2.29. The molecule has 1 heterocycles. The van der Waals surface area contributed by atoms with E-state index in [0.29, 0.717) is 0 Å². The first kappa shape index (κ1) is 13.1. The molecule has 0 amide bonds. The molecule has 2 aromatic rings. The minimum Gasteiger partial charge on any atom is -0.306 e. The Bertz CT molecular complexity index is 534. The van der Waals surface area contributed by atoms with Gasteiger partial charge in [0.05, 0.1) is 11.7 Å². The van der Waals surface area contributed by atoms with Crippen molar-refractivity contribution in [1.29, 1.82) is 0 Å². The van der Waals surface area contributed by atoms with Gasteiger partial charge in [-0.15, -0.1) is 0 Å². The third kappa shape index (κ3) is 2.57. The fourth-order valence-electron chi connectivity index (χ4n) is 2.20. The number of aromatic nitrogens is 2. The van der Waals surface area contributed by atoms with Crippen molar-refractivity contribution in [2.24, 2.45) is 7.05 Å². The van der Waals surface area contributed by atoms with E-state index < -0.39 is 0 Å². The second-order valence-corrected chi connectivity index (χ2v) is 4.76. The van der Waals surface area contributed by atoms with Gasteiger partial charge in [-0.2, -0.15) is 5.10 Å². The van der Waals surface area contributed by atoms with Gasteiger partial charge < -0.3 is 5.32 Å². The lowest BCUT2D eigenvalue weighted by Crippen LogP contribution is -2.22. The van der Waals surface area contributed by atoms with Crippen LogP contribution in [0.4, 0.5) is 0 Å². The minimum absolute atomic E-state index is 0.0948. The van der Waals surface area contributed by atoms with E-state index in [2.05, 4.69) is 23.4 Å².